The Morgan fingerprint density at radius 3 is 2.53 bits per heavy atom. The van der Waals surface area contributed by atoms with Crippen molar-refractivity contribution in [1.29, 1.82) is 0 Å². The van der Waals surface area contributed by atoms with E-state index in [1.807, 2.05) is 30.5 Å². The van der Waals surface area contributed by atoms with Crippen LogP contribution in [0.4, 0.5) is 0 Å². The number of rotatable bonds is 1. The molecular weight excluding hydrogens is 232 g/mol. The van der Waals surface area contributed by atoms with Gasteiger partial charge in [0.15, 0.2) is 6.29 Å². The topological polar surface area (TPSA) is 42.9 Å². The Morgan fingerprint density at radius 1 is 1.06 bits per heavy atom. The highest BCUT2D eigenvalue weighted by atomic mass is 32.1. The number of benzene rings is 1. The average Bonchev–Trinajstić information content (AvgIpc) is 2.93. The normalized spacial score (nSPS) is 9.41. The zero-order valence-corrected chi connectivity index (χ0v) is 9.80. The molecule has 3 rings (SSSR count). The molecule has 0 fully saturated rings. The van der Waals surface area contributed by atoms with Crippen LogP contribution in [0.3, 0.4) is 0 Å². The van der Waals surface area contributed by atoms with Gasteiger partial charge >= 0.3 is 0 Å². The molecule has 0 saturated heterocycles. The summed E-state index contributed by atoms with van der Waals surface area (Å²) in [7, 11) is 0. The van der Waals surface area contributed by atoms with Crippen molar-refractivity contribution in [3.8, 4) is 0 Å². The van der Waals surface area contributed by atoms with E-state index in [9.17, 15) is 4.79 Å². The van der Waals surface area contributed by atoms with Crippen LogP contribution in [0, 0.1) is 0 Å². The third kappa shape index (κ3) is 3.19. The minimum atomic E-state index is 0.519. The molecule has 0 bridgehead atoms. The van der Waals surface area contributed by atoms with Crippen molar-refractivity contribution < 1.29 is 4.79 Å². The molecule has 3 aromatic rings. The molecule has 17 heavy (non-hydrogen) atoms. The molecule has 2 heterocycles. The summed E-state index contributed by atoms with van der Waals surface area (Å²) in [5, 5.41) is 2.97. The summed E-state index contributed by atoms with van der Waals surface area (Å²) >= 11 is 1.28. The molecule has 0 unspecified atom stereocenters. The second-order valence-electron chi connectivity index (χ2n) is 3.24. The second-order valence-corrected chi connectivity index (χ2v) is 3.90. The number of nitrogens with zero attached hydrogens (tertiary/aromatic N) is 2. The Bertz CT molecular complexity index is 528. The number of carbonyl (C=O) groups is 1. The summed E-state index contributed by atoms with van der Waals surface area (Å²) in [5.74, 6) is 0. The first-order chi connectivity index (χ1) is 8.40. The van der Waals surface area contributed by atoms with Gasteiger partial charge in [-0.05, 0) is 29.7 Å². The van der Waals surface area contributed by atoms with E-state index in [1.165, 1.54) is 16.9 Å². The second kappa shape index (κ2) is 5.86. The summed E-state index contributed by atoms with van der Waals surface area (Å²) in [6.45, 7) is 0. The quantitative estimate of drug-likeness (QED) is 0.615. The highest BCUT2D eigenvalue weighted by Crippen LogP contribution is 2.07. The van der Waals surface area contributed by atoms with Crippen molar-refractivity contribution in [3.05, 3.63) is 59.7 Å². The van der Waals surface area contributed by atoms with Crippen molar-refractivity contribution >= 4 is 28.7 Å². The first kappa shape index (κ1) is 11.4. The van der Waals surface area contributed by atoms with Crippen LogP contribution in [0.15, 0.2) is 54.0 Å². The van der Waals surface area contributed by atoms with E-state index < -0.39 is 0 Å². The van der Waals surface area contributed by atoms with Gasteiger partial charge in [-0.1, -0.05) is 24.3 Å². The monoisotopic (exact) mass is 242 g/mol. The van der Waals surface area contributed by atoms with Gasteiger partial charge in [-0.3, -0.25) is 9.78 Å². The van der Waals surface area contributed by atoms with Crippen molar-refractivity contribution in [3.63, 3.8) is 0 Å². The van der Waals surface area contributed by atoms with E-state index in [1.54, 1.807) is 11.4 Å². The highest BCUT2D eigenvalue weighted by molar-refractivity contribution is 7.03. The molecule has 0 spiro atoms. The predicted octanol–water partition coefficient (Wildman–Crippen LogP) is 3.19. The number of para-hydroxylation sites is 1. The molecule has 0 aliphatic carbocycles. The minimum absolute atomic E-state index is 0.519. The molecule has 0 aliphatic heterocycles. The molecule has 0 saturated carbocycles. The zero-order valence-electron chi connectivity index (χ0n) is 8.98. The molecule has 0 amide bonds. The maximum atomic E-state index is 9.81. The molecule has 0 aliphatic rings. The average molecular weight is 242 g/mol. The third-order valence-electron chi connectivity index (χ3n) is 2.09. The van der Waals surface area contributed by atoms with E-state index in [0.29, 0.717) is 5.69 Å². The number of aromatic nitrogens is 2. The molecule has 2 aromatic heterocycles. The number of aldehydes is 1. The maximum absolute atomic E-state index is 9.81. The lowest BCUT2D eigenvalue weighted by Gasteiger charge is -1.91. The van der Waals surface area contributed by atoms with Crippen molar-refractivity contribution in [1.82, 2.24) is 9.36 Å². The van der Waals surface area contributed by atoms with Crippen LogP contribution < -0.4 is 0 Å². The van der Waals surface area contributed by atoms with E-state index in [-0.39, 0.29) is 0 Å². The van der Waals surface area contributed by atoms with Gasteiger partial charge in [0.05, 0.1) is 5.52 Å². The van der Waals surface area contributed by atoms with E-state index >= 15 is 0 Å². The van der Waals surface area contributed by atoms with Gasteiger partial charge in [0, 0.05) is 17.0 Å². The third-order valence-corrected chi connectivity index (χ3v) is 2.66. The van der Waals surface area contributed by atoms with E-state index in [2.05, 4.69) is 21.5 Å². The van der Waals surface area contributed by atoms with Crippen LogP contribution in [-0.2, 0) is 0 Å². The fourth-order valence-corrected chi connectivity index (χ4v) is 1.79. The molecular formula is C13H10N2OS. The van der Waals surface area contributed by atoms with Gasteiger partial charge in [-0.15, -0.1) is 0 Å². The van der Waals surface area contributed by atoms with Crippen molar-refractivity contribution in [2.75, 3.05) is 0 Å². The fourth-order valence-electron chi connectivity index (χ4n) is 1.30. The van der Waals surface area contributed by atoms with Gasteiger partial charge in [-0.25, -0.2) is 0 Å². The van der Waals surface area contributed by atoms with Crippen LogP contribution in [0.1, 0.15) is 10.5 Å². The van der Waals surface area contributed by atoms with Crippen LogP contribution in [-0.4, -0.2) is 15.6 Å². The van der Waals surface area contributed by atoms with Gasteiger partial charge in [0.1, 0.15) is 5.69 Å². The number of fused-ring (bicyclic) bond motifs is 1. The van der Waals surface area contributed by atoms with Crippen molar-refractivity contribution in [2.45, 2.75) is 0 Å². The first-order valence-electron chi connectivity index (χ1n) is 5.05. The van der Waals surface area contributed by atoms with Crippen LogP contribution in [0.5, 0.6) is 0 Å². The number of hydrogen-bond donors (Lipinski definition) is 0. The Balaban J connectivity index is 0.000000136. The standard InChI is InChI=1S/C9H7N.C4H3NOS/c1-2-6-9-8(4-1)5-3-7-10-9;6-3-4-1-2-7-5-4/h1-7H;1-3H. The Kier molecular flexibility index (Phi) is 3.94. The number of pyridine rings is 1. The number of hydrogen-bond acceptors (Lipinski definition) is 4. The van der Waals surface area contributed by atoms with Crippen LogP contribution >= 0.6 is 11.5 Å². The molecule has 3 nitrogen and oxygen atoms in total. The highest BCUT2D eigenvalue weighted by Gasteiger charge is 1.86. The molecule has 0 atom stereocenters. The lowest BCUT2D eigenvalue weighted by molar-refractivity contribution is 0.112. The Morgan fingerprint density at radius 2 is 1.88 bits per heavy atom. The first-order valence-corrected chi connectivity index (χ1v) is 5.89. The lowest BCUT2D eigenvalue weighted by atomic mass is 10.2. The largest absolute Gasteiger partial charge is 0.296 e. The molecule has 1 aromatic carbocycles. The summed E-state index contributed by atoms with van der Waals surface area (Å²) in [4.78, 5) is 14.0. The van der Waals surface area contributed by atoms with Crippen molar-refractivity contribution in [2.24, 2.45) is 0 Å². The molecule has 4 heteroatoms. The van der Waals surface area contributed by atoms with Gasteiger partial charge in [0.25, 0.3) is 0 Å². The fraction of sp³-hybridized carbons (Fsp3) is 0. The summed E-state index contributed by atoms with van der Waals surface area (Å²) < 4.78 is 3.71. The van der Waals surface area contributed by atoms with Crippen LogP contribution in [0.25, 0.3) is 10.9 Å². The van der Waals surface area contributed by atoms with Gasteiger partial charge in [-0.2, -0.15) is 4.37 Å². The number of carbonyl (C=O) groups excluding carboxylic acids is 1. The summed E-state index contributed by atoms with van der Waals surface area (Å²) in [6, 6.07) is 13.8. The Hall–Kier alpha value is -2.07. The van der Waals surface area contributed by atoms with E-state index in [4.69, 9.17) is 0 Å². The molecule has 0 N–H and O–H groups in total. The maximum Gasteiger partial charge on any atom is 0.169 e. The minimum Gasteiger partial charge on any atom is -0.296 e. The summed E-state index contributed by atoms with van der Waals surface area (Å²) in [6.07, 6.45) is 2.54. The molecule has 0 radical (unpaired) electrons. The lowest BCUT2D eigenvalue weighted by Crippen LogP contribution is -1.73. The zero-order chi connectivity index (χ0) is 11.9. The van der Waals surface area contributed by atoms with Crippen LogP contribution in [0.2, 0.25) is 0 Å². The molecule has 84 valence electrons. The van der Waals surface area contributed by atoms with Gasteiger partial charge < -0.3 is 0 Å². The Labute approximate surface area is 103 Å². The SMILES string of the molecule is O=Cc1ccsn1.c1ccc2ncccc2c1. The van der Waals surface area contributed by atoms with E-state index in [0.717, 1.165) is 11.8 Å². The predicted molar refractivity (Wildman–Crippen MR) is 69.2 cm³/mol. The summed E-state index contributed by atoms with van der Waals surface area (Å²) in [5.41, 5.74) is 1.58. The van der Waals surface area contributed by atoms with Gasteiger partial charge in [0.2, 0.25) is 0 Å². The smallest absolute Gasteiger partial charge is 0.169 e.